The maximum Gasteiger partial charge on any atom is 0.193 e. The van der Waals surface area contributed by atoms with Gasteiger partial charge in [-0.3, -0.25) is 0 Å². The second kappa shape index (κ2) is 4.88. The molecule has 0 saturated carbocycles. The van der Waals surface area contributed by atoms with Crippen molar-refractivity contribution >= 4 is 11.6 Å². The van der Waals surface area contributed by atoms with Crippen LogP contribution in [0.4, 0.5) is 0 Å². The zero-order valence-corrected chi connectivity index (χ0v) is 9.93. The zero-order valence-electron chi connectivity index (χ0n) is 9.18. The molecule has 2 N–H and O–H groups in total. The Morgan fingerprint density at radius 1 is 0.882 bits per heavy atom. The van der Waals surface area contributed by atoms with E-state index in [1.807, 2.05) is 30.3 Å². The summed E-state index contributed by atoms with van der Waals surface area (Å²) in [5.41, 5.74) is 1.30. The van der Waals surface area contributed by atoms with Gasteiger partial charge < -0.3 is 10.2 Å². The topological polar surface area (TPSA) is 40.5 Å². The smallest absolute Gasteiger partial charge is 0.193 e. The van der Waals surface area contributed by atoms with Gasteiger partial charge in [0.25, 0.3) is 0 Å². The molecule has 0 saturated heterocycles. The molecule has 0 heterocycles. The van der Waals surface area contributed by atoms with Crippen molar-refractivity contribution in [2.24, 2.45) is 0 Å². The molecule has 0 spiro atoms. The lowest BCUT2D eigenvalue weighted by Crippen LogP contribution is -2.27. The fourth-order valence-corrected chi connectivity index (χ4v) is 1.83. The molecule has 0 aromatic heterocycles. The van der Waals surface area contributed by atoms with E-state index in [9.17, 15) is 10.2 Å². The zero-order chi connectivity index (χ0) is 12.3. The second-order valence-electron chi connectivity index (χ2n) is 3.99. The third-order valence-electron chi connectivity index (χ3n) is 2.60. The monoisotopic (exact) mass is 248 g/mol. The summed E-state index contributed by atoms with van der Waals surface area (Å²) in [6.45, 7) is 0. The maximum atomic E-state index is 10.0. The summed E-state index contributed by atoms with van der Waals surface area (Å²) in [5, 5.41) is 20.7. The van der Waals surface area contributed by atoms with Gasteiger partial charge in [0, 0.05) is 17.0 Å². The fourth-order valence-electron chi connectivity index (χ4n) is 1.70. The highest BCUT2D eigenvalue weighted by atomic mass is 35.5. The summed E-state index contributed by atoms with van der Waals surface area (Å²) < 4.78 is 0. The molecule has 88 valence electrons. The first-order valence-electron chi connectivity index (χ1n) is 5.33. The van der Waals surface area contributed by atoms with Gasteiger partial charge in [-0.25, -0.2) is 0 Å². The predicted molar refractivity (Wildman–Crippen MR) is 67.7 cm³/mol. The summed E-state index contributed by atoms with van der Waals surface area (Å²) in [5.74, 6) is -1.87. The Hall–Kier alpha value is -1.35. The van der Waals surface area contributed by atoms with E-state index in [2.05, 4.69) is 0 Å². The Morgan fingerprint density at radius 3 is 2.06 bits per heavy atom. The Kier molecular flexibility index (Phi) is 3.48. The van der Waals surface area contributed by atoms with E-state index in [1.54, 1.807) is 24.3 Å². The number of benzene rings is 2. The van der Waals surface area contributed by atoms with Crippen molar-refractivity contribution in [3.63, 3.8) is 0 Å². The SMILES string of the molecule is OC(O)(Cc1ccccc1)c1ccc(Cl)cc1. The summed E-state index contributed by atoms with van der Waals surface area (Å²) in [7, 11) is 0. The van der Waals surface area contributed by atoms with Crippen LogP contribution in [-0.2, 0) is 12.2 Å². The molecule has 0 aliphatic heterocycles. The van der Waals surface area contributed by atoms with Crippen molar-refractivity contribution in [2.75, 3.05) is 0 Å². The number of hydrogen-bond donors (Lipinski definition) is 2. The first-order valence-corrected chi connectivity index (χ1v) is 5.70. The van der Waals surface area contributed by atoms with Crippen LogP contribution in [0.1, 0.15) is 11.1 Å². The number of hydrogen-bond acceptors (Lipinski definition) is 2. The quantitative estimate of drug-likeness (QED) is 0.820. The molecule has 0 atom stereocenters. The molecule has 0 unspecified atom stereocenters. The van der Waals surface area contributed by atoms with Gasteiger partial charge in [0.1, 0.15) is 0 Å². The van der Waals surface area contributed by atoms with Crippen LogP contribution >= 0.6 is 11.6 Å². The van der Waals surface area contributed by atoms with E-state index < -0.39 is 5.79 Å². The van der Waals surface area contributed by atoms with Crippen LogP contribution in [0.25, 0.3) is 0 Å². The molecule has 0 amide bonds. The first kappa shape index (κ1) is 12.1. The minimum absolute atomic E-state index is 0.148. The van der Waals surface area contributed by atoms with Crippen LogP contribution in [-0.4, -0.2) is 10.2 Å². The molecule has 0 bridgehead atoms. The summed E-state index contributed by atoms with van der Waals surface area (Å²) in [6.07, 6.45) is 0.148. The van der Waals surface area contributed by atoms with Crippen molar-refractivity contribution < 1.29 is 10.2 Å². The minimum atomic E-state index is -1.87. The van der Waals surface area contributed by atoms with Crippen molar-refractivity contribution in [1.82, 2.24) is 0 Å². The first-order chi connectivity index (χ1) is 8.08. The molecule has 2 aromatic carbocycles. The van der Waals surface area contributed by atoms with Crippen LogP contribution in [0.2, 0.25) is 5.02 Å². The van der Waals surface area contributed by atoms with E-state index in [0.717, 1.165) is 5.56 Å². The highest BCUT2D eigenvalue weighted by Gasteiger charge is 2.25. The van der Waals surface area contributed by atoms with Crippen LogP contribution in [0, 0.1) is 0 Å². The maximum absolute atomic E-state index is 10.0. The van der Waals surface area contributed by atoms with Gasteiger partial charge in [0.05, 0.1) is 0 Å². The van der Waals surface area contributed by atoms with Crippen molar-refractivity contribution in [1.29, 1.82) is 0 Å². The Balaban J connectivity index is 2.21. The van der Waals surface area contributed by atoms with Crippen LogP contribution in [0.15, 0.2) is 54.6 Å². The molecule has 17 heavy (non-hydrogen) atoms. The van der Waals surface area contributed by atoms with Crippen molar-refractivity contribution in [3.05, 3.63) is 70.7 Å². The third kappa shape index (κ3) is 3.07. The van der Waals surface area contributed by atoms with Gasteiger partial charge >= 0.3 is 0 Å². The average Bonchev–Trinajstić information content (AvgIpc) is 2.30. The van der Waals surface area contributed by atoms with Gasteiger partial charge in [-0.1, -0.05) is 54.1 Å². The van der Waals surface area contributed by atoms with Crippen LogP contribution in [0.5, 0.6) is 0 Å². The predicted octanol–water partition coefficient (Wildman–Crippen LogP) is 2.72. The van der Waals surface area contributed by atoms with Crippen molar-refractivity contribution in [2.45, 2.75) is 12.2 Å². The molecule has 0 radical (unpaired) electrons. The average molecular weight is 249 g/mol. The summed E-state index contributed by atoms with van der Waals surface area (Å²) in [6, 6.07) is 15.9. The molecule has 0 aliphatic rings. The highest BCUT2D eigenvalue weighted by Crippen LogP contribution is 2.24. The Bertz CT molecular complexity index is 477. The van der Waals surface area contributed by atoms with E-state index in [1.165, 1.54) is 0 Å². The van der Waals surface area contributed by atoms with Gasteiger partial charge in [-0.05, 0) is 17.7 Å². The molecule has 0 aliphatic carbocycles. The largest absolute Gasteiger partial charge is 0.362 e. The van der Waals surface area contributed by atoms with E-state index in [-0.39, 0.29) is 6.42 Å². The molecule has 2 nitrogen and oxygen atoms in total. The lowest BCUT2D eigenvalue weighted by molar-refractivity contribution is -0.168. The second-order valence-corrected chi connectivity index (χ2v) is 4.42. The van der Waals surface area contributed by atoms with E-state index in [0.29, 0.717) is 10.6 Å². The number of aliphatic hydroxyl groups is 2. The highest BCUT2D eigenvalue weighted by molar-refractivity contribution is 6.30. The Morgan fingerprint density at radius 2 is 1.47 bits per heavy atom. The lowest BCUT2D eigenvalue weighted by atomic mass is 9.98. The molecular formula is C14H13ClO2. The van der Waals surface area contributed by atoms with Crippen LogP contribution in [0.3, 0.4) is 0 Å². The van der Waals surface area contributed by atoms with Gasteiger partial charge in [-0.2, -0.15) is 0 Å². The normalized spacial score (nSPS) is 11.5. The van der Waals surface area contributed by atoms with Crippen molar-refractivity contribution in [3.8, 4) is 0 Å². The molecule has 2 rings (SSSR count). The summed E-state index contributed by atoms with van der Waals surface area (Å²) in [4.78, 5) is 0. The van der Waals surface area contributed by atoms with Gasteiger partial charge in [0.15, 0.2) is 5.79 Å². The molecule has 2 aromatic rings. The Labute approximate surface area is 105 Å². The molecule has 3 heteroatoms. The van der Waals surface area contributed by atoms with E-state index >= 15 is 0 Å². The molecule has 0 fully saturated rings. The lowest BCUT2D eigenvalue weighted by Gasteiger charge is -2.22. The third-order valence-corrected chi connectivity index (χ3v) is 2.85. The standard InChI is InChI=1S/C14H13ClO2/c15-13-8-6-12(7-9-13)14(16,17)10-11-4-2-1-3-5-11/h1-9,16-17H,10H2. The minimum Gasteiger partial charge on any atom is -0.362 e. The fraction of sp³-hybridized carbons (Fsp3) is 0.143. The van der Waals surface area contributed by atoms with Gasteiger partial charge in [-0.15, -0.1) is 0 Å². The summed E-state index contributed by atoms with van der Waals surface area (Å²) >= 11 is 5.76. The van der Waals surface area contributed by atoms with Crippen LogP contribution < -0.4 is 0 Å². The molecular weight excluding hydrogens is 236 g/mol. The number of rotatable bonds is 3. The van der Waals surface area contributed by atoms with E-state index in [4.69, 9.17) is 11.6 Å². The van der Waals surface area contributed by atoms with Gasteiger partial charge in [0.2, 0.25) is 0 Å². The number of halogens is 1.